The SMILES string of the molecule is O=C(c1cn[nH]n1)N1CCN(Cc2cccs2)CC1. The number of thiophene rings is 1. The zero-order valence-corrected chi connectivity index (χ0v) is 11.3. The highest BCUT2D eigenvalue weighted by Gasteiger charge is 2.23. The van der Waals surface area contributed by atoms with Crippen LogP contribution in [-0.2, 0) is 6.54 Å². The lowest BCUT2D eigenvalue weighted by Gasteiger charge is -2.34. The summed E-state index contributed by atoms with van der Waals surface area (Å²) in [5.41, 5.74) is 0.395. The van der Waals surface area contributed by atoms with Crippen molar-refractivity contribution in [1.29, 1.82) is 0 Å². The van der Waals surface area contributed by atoms with Crippen LogP contribution >= 0.6 is 11.3 Å². The predicted molar refractivity (Wildman–Crippen MR) is 71.9 cm³/mol. The average molecular weight is 277 g/mol. The van der Waals surface area contributed by atoms with Gasteiger partial charge in [0.1, 0.15) is 0 Å². The largest absolute Gasteiger partial charge is 0.335 e. The van der Waals surface area contributed by atoms with Crippen molar-refractivity contribution in [3.05, 3.63) is 34.3 Å². The number of H-pyrrole nitrogens is 1. The standard InChI is InChI=1S/C12H15N5OS/c18-12(11-8-13-15-14-11)17-5-3-16(4-6-17)9-10-2-1-7-19-10/h1-2,7-8H,3-6,9H2,(H,13,14,15). The van der Waals surface area contributed by atoms with Gasteiger partial charge in [0.15, 0.2) is 5.69 Å². The van der Waals surface area contributed by atoms with Crippen LogP contribution < -0.4 is 0 Å². The molecule has 0 spiro atoms. The highest BCUT2D eigenvalue weighted by Crippen LogP contribution is 2.14. The van der Waals surface area contributed by atoms with Gasteiger partial charge in [0.2, 0.25) is 0 Å². The molecule has 0 radical (unpaired) electrons. The van der Waals surface area contributed by atoms with E-state index in [2.05, 4.69) is 37.8 Å². The van der Waals surface area contributed by atoms with Crippen molar-refractivity contribution in [3.63, 3.8) is 0 Å². The minimum Gasteiger partial charge on any atom is -0.335 e. The van der Waals surface area contributed by atoms with Gasteiger partial charge in [-0.25, -0.2) is 0 Å². The van der Waals surface area contributed by atoms with Crippen LogP contribution in [0.2, 0.25) is 0 Å². The number of nitrogens with one attached hydrogen (secondary N) is 1. The number of amides is 1. The minimum atomic E-state index is -0.0375. The number of aromatic nitrogens is 3. The molecule has 3 heterocycles. The minimum absolute atomic E-state index is 0.0375. The molecule has 7 heteroatoms. The van der Waals surface area contributed by atoms with Crippen LogP contribution in [0.5, 0.6) is 0 Å². The second kappa shape index (κ2) is 5.50. The Morgan fingerprint density at radius 3 is 2.84 bits per heavy atom. The Kier molecular flexibility index (Phi) is 3.56. The van der Waals surface area contributed by atoms with Gasteiger partial charge < -0.3 is 4.90 Å². The van der Waals surface area contributed by atoms with Crippen molar-refractivity contribution in [1.82, 2.24) is 25.2 Å². The van der Waals surface area contributed by atoms with Gasteiger partial charge in [-0.05, 0) is 11.4 Å². The van der Waals surface area contributed by atoms with E-state index in [0.29, 0.717) is 5.69 Å². The second-order valence-electron chi connectivity index (χ2n) is 4.50. The summed E-state index contributed by atoms with van der Waals surface area (Å²) >= 11 is 1.78. The molecule has 0 aromatic carbocycles. The van der Waals surface area contributed by atoms with Gasteiger partial charge in [-0.2, -0.15) is 15.4 Å². The summed E-state index contributed by atoms with van der Waals surface area (Å²) in [7, 11) is 0. The molecule has 100 valence electrons. The summed E-state index contributed by atoms with van der Waals surface area (Å²) in [4.78, 5) is 17.7. The highest BCUT2D eigenvalue weighted by atomic mass is 32.1. The molecular formula is C12H15N5OS. The van der Waals surface area contributed by atoms with Crippen molar-refractivity contribution in [2.45, 2.75) is 6.54 Å². The van der Waals surface area contributed by atoms with Crippen LogP contribution in [0.1, 0.15) is 15.4 Å². The van der Waals surface area contributed by atoms with E-state index >= 15 is 0 Å². The van der Waals surface area contributed by atoms with E-state index < -0.39 is 0 Å². The average Bonchev–Trinajstić information content (AvgIpc) is 3.12. The van der Waals surface area contributed by atoms with Crippen LogP contribution in [-0.4, -0.2) is 57.3 Å². The molecule has 1 fully saturated rings. The molecule has 0 bridgehead atoms. The van der Waals surface area contributed by atoms with E-state index in [4.69, 9.17) is 0 Å². The first-order valence-corrected chi connectivity index (χ1v) is 7.10. The van der Waals surface area contributed by atoms with E-state index in [1.165, 1.54) is 11.1 Å². The van der Waals surface area contributed by atoms with E-state index in [9.17, 15) is 4.79 Å². The molecular weight excluding hydrogens is 262 g/mol. The van der Waals surface area contributed by atoms with Gasteiger partial charge in [0.25, 0.3) is 5.91 Å². The normalized spacial score (nSPS) is 16.7. The van der Waals surface area contributed by atoms with Crippen LogP contribution in [0.3, 0.4) is 0 Å². The Bertz CT molecular complexity index is 516. The quantitative estimate of drug-likeness (QED) is 0.902. The zero-order valence-electron chi connectivity index (χ0n) is 10.5. The predicted octanol–water partition coefficient (Wildman–Crippen LogP) is 0.824. The lowest BCUT2D eigenvalue weighted by atomic mass is 10.2. The molecule has 1 N–H and O–H groups in total. The molecule has 1 aliphatic rings. The second-order valence-corrected chi connectivity index (χ2v) is 5.54. The number of piperazine rings is 1. The number of carbonyl (C=O) groups excluding carboxylic acids is 1. The van der Waals surface area contributed by atoms with E-state index in [0.717, 1.165) is 32.7 Å². The van der Waals surface area contributed by atoms with E-state index in [1.807, 2.05) is 4.90 Å². The van der Waals surface area contributed by atoms with Gasteiger partial charge >= 0.3 is 0 Å². The molecule has 1 saturated heterocycles. The molecule has 0 aliphatic carbocycles. The summed E-state index contributed by atoms with van der Waals surface area (Å²) in [5.74, 6) is -0.0375. The van der Waals surface area contributed by atoms with Crippen LogP contribution in [0, 0.1) is 0 Å². The molecule has 2 aromatic rings. The first kappa shape index (κ1) is 12.3. The van der Waals surface area contributed by atoms with Crippen molar-refractivity contribution in [2.75, 3.05) is 26.2 Å². The maximum atomic E-state index is 12.1. The number of hydrogen-bond acceptors (Lipinski definition) is 5. The Labute approximate surface area is 115 Å². The van der Waals surface area contributed by atoms with E-state index in [-0.39, 0.29) is 5.91 Å². The zero-order chi connectivity index (χ0) is 13.1. The van der Waals surface area contributed by atoms with Gasteiger partial charge in [-0.3, -0.25) is 9.69 Å². The smallest absolute Gasteiger partial charge is 0.276 e. The highest BCUT2D eigenvalue weighted by molar-refractivity contribution is 7.09. The maximum absolute atomic E-state index is 12.1. The summed E-state index contributed by atoms with van der Waals surface area (Å²) in [6.45, 7) is 4.28. The number of rotatable bonds is 3. The molecule has 3 rings (SSSR count). The van der Waals surface area contributed by atoms with Gasteiger partial charge in [-0.1, -0.05) is 6.07 Å². The number of aromatic amines is 1. The lowest BCUT2D eigenvalue weighted by molar-refractivity contribution is 0.0624. The maximum Gasteiger partial charge on any atom is 0.276 e. The monoisotopic (exact) mass is 277 g/mol. The molecule has 0 atom stereocenters. The van der Waals surface area contributed by atoms with Crippen molar-refractivity contribution < 1.29 is 4.79 Å². The Morgan fingerprint density at radius 1 is 1.37 bits per heavy atom. The third-order valence-electron chi connectivity index (χ3n) is 3.25. The van der Waals surface area contributed by atoms with Crippen molar-refractivity contribution in [2.24, 2.45) is 0 Å². The molecule has 1 amide bonds. The number of nitrogens with zero attached hydrogens (tertiary/aromatic N) is 4. The Morgan fingerprint density at radius 2 is 2.21 bits per heavy atom. The molecule has 1 aliphatic heterocycles. The lowest BCUT2D eigenvalue weighted by Crippen LogP contribution is -2.48. The fourth-order valence-electron chi connectivity index (χ4n) is 2.20. The fraction of sp³-hybridized carbons (Fsp3) is 0.417. The molecule has 19 heavy (non-hydrogen) atoms. The topological polar surface area (TPSA) is 65.1 Å². The summed E-state index contributed by atoms with van der Waals surface area (Å²) in [5, 5.41) is 12.1. The third-order valence-corrected chi connectivity index (χ3v) is 4.11. The third kappa shape index (κ3) is 2.82. The number of carbonyl (C=O) groups is 1. The molecule has 0 unspecified atom stereocenters. The van der Waals surface area contributed by atoms with Crippen molar-refractivity contribution in [3.8, 4) is 0 Å². The summed E-state index contributed by atoms with van der Waals surface area (Å²) < 4.78 is 0. The molecule has 6 nitrogen and oxygen atoms in total. The Balaban J connectivity index is 1.53. The van der Waals surface area contributed by atoms with E-state index in [1.54, 1.807) is 11.3 Å². The Hall–Kier alpha value is -1.73. The molecule has 2 aromatic heterocycles. The summed E-state index contributed by atoms with van der Waals surface area (Å²) in [6, 6.07) is 4.22. The van der Waals surface area contributed by atoms with Gasteiger partial charge in [-0.15, -0.1) is 11.3 Å². The van der Waals surface area contributed by atoms with Crippen molar-refractivity contribution >= 4 is 17.2 Å². The number of hydrogen-bond donors (Lipinski definition) is 1. The van der Waals surface area contributed by atoms with Crippen LogP contribution in [0.15, 0.2) is 23.7 Å². The van der Waals surface area contributed by atoms with Crippen LogP contribution in [0.25, 0.3) is 0 Å². The first-order chi connectivity index (χ1) is 9.33. The molecule has 0 saturated carbocycles. The van der Waals surface area contributed by atoms with Gasteiger partial charge in [0.05, 0.1) is 6.20 Å². The summed E-state index contributed by atoms with van der Waals surface area (Å²) in [6.07, 6.45) is 1.47. The van der Waals surface area contributed by atoms with Crippen LogP contribution in [0.4, 0.5) is 0 Å². The first-order valence-electron chi connectivity index (χ1n) is 6.23. The fourth-order valence-corrected chi connectivity index (χ4v) is 2.94. The van der Waals surface area contributed by atoms with Gasteiger partial charge in [0, 0.05) is 37.6 Å².